The molecule has 130 valence electrons. The van der Waals surface area contributed by atoms with Crippen molar-refractivity contribution in [2.24, 2.45) is 4.99 Å². The Kier molecular flexibility index (Phi) is 6.29. The molecule has 0 aliphatic rings. The second-order valence-corrected chi connectivity index (χ2v) is 6.23. The van der Waals surface area contributed by atoms with Crippen LogP contribution in [0.15, 0.2) is 45.8 Å². The normalized spacial score (nSPS) is 14.3. The predicted octanol–water partition coefficient (Wildman–Crippen LogP) is 3.20. The van der Waals surface area contributed by atoms with Crippen LogP contribution in [0.1, 0.15) is 30.9 Å². The third-order valence-corrected chi connectivity index (χ3v) is 3.95. The Balaban J connectivity index is 2.02. The van der Waals surface area contributed by atoms with Gasteiger partial charge in [0.2, 0.25) is 0 Å². The Morgan fingerprint density at radius 1 is 1.25 bits per heavy atom. The van der Waals surface area contributed by atoms with Gasteiger partial charge in [-0.05, 0) is 44.5 Å². The first-order valence-electron chi connectivity index (χ1n) is 7.97. The van der Waals surface area contributed by atoms with Gasteiger partial charge in [0.05, 0.1) is 13.1 Å². The minimum atomic E-state index is -1.13. The van der Waals surface area contributed by atoms with E-state index in [1.165, 1.54) is 0 Å². The maximum atomic E-state index is 10.6. The molecule has 24 heavy (non-hydrogen) atoms. The summed E-state index contributed by atoms with van der Waals surface area (Å²) in [5.41, 5.74) is -0.181. The predicted molar refractivity (Wildman–Crippen MR) is 97.3 cm³/mol. The van der Waals surface area contributed by atoms with Crippen LogP contribution in [0.25, 0.3) is 0 Å². The van der Waals surface area contributed by atoms with Crippen molar-refractivity contribution in [2.75, 3.05) is 13.1 Å². The number of nitrogens with one attached hydrogen (secondary N) is 2. The molecule has 2 rings (SSSR count). The van der Waals surface area contributed by atoms with Crippen LogP contribution in [0.5, 0.6) is 0 Å². The van der Waals surface area contributed by atoms with Gasteiger partial charge in [0, 0.05) is 11.6 Å². The molecule has 0 amide bonds. The van der Waals surface area contributed by atoms with Crippen LogP contribution in [-0.2, 0) is 12.1 Å². The molecule has 0 saturated carbocycles. The van der Waals surface area contributed by atoms with Gasteiger partial charge in [-0.2, -0.15) is 0 Å². The Labute approximate surface area is 147 Å². The number of hydrogen-bond acceptors (Lipinski definition) is 3. The Morgan fingerprint density at radius 3 is 2.62 bits per heavy atom. The molecular formula is C18H24ClN3O2. The van der Waals surface area contributed by atoms with Gasteiger partial charge in [0.15, 0.2) is 5.96 Å². The lowest BCUT2D eigenvalue weighted by atomic mass is 10.0. The zero-order valence-corrected chi connectivity index (χ0v) is 15.0. The number of guanidine groups is 1. The van der Waals surface area contributed by atoms with E-state index >= 15 is 0 Å². The van der Waals surface area contributed by atoms with Crippen molar-refractivity contribution in [3.05, 3.63) is 58.5 Å². The molecule has 6 heteroatoms. The minimum absolute atomic E-state index is 0.272. The van der Waals surface area contributed by atoms with E-state index < -0.39 is 5.60 Å². The summed E-state index contributed by atoms with van der Waals surface area (Å²) in [6.07, 6.45) is 0. The molecule has 5 nitrogen and oxygen atoms in total. The third kappa shape index (κ3) is 5.01. The minimum Gasteiger partial charge on any atom is -0.463 e. The highest BCUT2D eigenvalue weighted by molar-refractivity contribution is 6.31. The second kappa shape index (κ2) is 8.22. The first kappa shape index (κ1) is 18.4. The quantitative estimate of drug-likeness (QED) is 0.553. The SMILES string of the molecule is CCNC(=NCc1ccccc1Cl)NCC(C)(O)c1ccc(C)o1. The van der Waals surface area contributed by atoms with Crippen LogP contribution >= 0.6 is 11.6 Å². The summed E-state index contributed by atoms with van der Waals surface area (Å²) < 4.78 is 5.52. The molecule has 0 aliphatic carbocycles. The first-order chi connectivity index (χ1) is 11.4. The van der Waals surface area contributed by atoms with E-state index in [0.29, 0.717) is 23.3 Å². The van der Waals surface area contributed by atoms with E-state index in [0.717, 1.165) is 17.9 Å². The summed E-state index contributed by atoms with van der Waals surface area (Å²) in [5.74, 6) is 1.90. The Morgan fingerprint density at radius 2 is 2.00 bits per heavy atom. The first-order valence-corrected chi connectivity index (χ1v) is 8.35. The molecule has 0 aliphatic heterocycles. The number of halogens is 1. The average molecular weight is 350 g/mol. The molecule has 1 unspecified atom stereocenters. The smallest absolute Gasteiger partial charge is 0.191 e. The van der Waals surface area contributed by atoms with Gasteiger partial charge < -0.3 is 20.2 Å². The molecule has 2 aromatic rings. The molecule has 1 aromatic carbocycles. The molecule has 0 radical (unpaired) electrons. The zero-order chi connectivity index (χ0) is 17.6. The van der Waals surface area contributed by atoms with Crippen molar-refractivity contribution in [3.8, 4) is 0 Å². The van der Waals surface area contributed by atoms with Crippen LogP contribution in [-0.4, -0.2) is 24.2 Å². The van der Waals surface area contributed by atoms with Gasteiger partial charge in [-0.3, -0.25) is 0 Å². The van der Waals surface area contributed by atoms with Crippen LogP contribution in [0.3, 0.4) is 0 Å². The van der Waals surface area contributed by atoms with Crippen LogP contribution in [0.4, 0.5) is 0 Å². The Hall–Kier alpha value is -1.98. The highest BCUT2D eigenvalue weighted by Crippen LogP contribution is 2.22. The largest absolute Gasteiger partial charge is 0.463 e. The summed E-state index contributed by atoms with van der Waals surface area (Å²) in [6.45, 7) is 6.99. The van der Waals surface area contributed by atoms with Gasteiger partial charge >= 0.3 is 0 Å². The standard InChI is InChI=1S/C18H24ClN3O2/c1-4-20-17(21-11-14-7-5-6-8-15(14)19)22-12-18(3,23)16-10-9-13(2)24-16/h5-10,23H,4,11-12H2,1-3H3,(H2,20,21,22). The number of aliphatic hydroxyl groups is 1. The Bertz CT molecular complexity index is 695. The molecule has 1 aromatic heterocycles. The number of aliphatic imine (C=N–C) groups is 1. The molecule has 0 spiro atoms. The van der Waals surface area contributed by atoms with Crippen molar-refractivity contribution in [3.63, 3.8) is 0 Å². The third-order valence-electron chi connectivity index (χ3n) is 3.58. The number of rotatable bonds is 6. The lowest BCUT2D eigenvalue weighted by Crippen LogP contribution is -2.44. The highest BCUT2D eigenvalue weighted by atomic mass is 35.5. The molecule has 1 atom stereocenters. The van der Waals surface area contributed by atoms with Crippen molar-refractivity contribution < 1.29 is 9.52 Å². The number of aryl methyl sites for hydroxylation is 1. The van der Waals surface area contributed by atoms with Gasteiger partial charge in [-0.15, -0.1) is 0 Å². The highest BCUT2D eigenvalue weighted by Gasteiger charge is 2.27. The van der Waals surface area contributed by atoms with Crippen molar-refractivity contribution in [1.82, 2.24) is 10.6 Å². The van der Waals surface area contributed by atoms with E-state index in [-0.39, 0.29) is 6.54 Å². The van der Waals surface area contributed by atoms with Crippen LogP contribution < -0.4 is 10.6 Å². The monoisotopic (exact) mass is 349 g/mol. The maximum Gasteiger partial charge on any atom is 0.191 e. The summed E-state index contributed by atoms with van der Waals surface area (Å²) in [4.78, 5) is 4.51. The summed E-state index contributed by atoms with van der Waals surface area (Å²) >= 11 is 6.15. The second-order valence-electron chi connectivity index (χ2n) is 5.82. The number of hydrogen-bond donors (Lipinski definition) is 3. The molecule has 1 heterocycles. The van der Waals surface area contributed by atoms with Crippen molar-refractivity contribution >= 4 is 17.6 Å². The molecule has 3 N–H and O–H groups in total. The summed E-state index contributed by atoms with van der Waals surface area (Å²) in [5, 5.41) is 17.6. The van der Waals surface area contributed by atoms with Gasteiger partial charge in [-0.25, -0.2) is 4.99 Å². The van der Waals surface area contributed by atoms with E-state index in [4.69, 9.17) is 16.0 Å². The molecule has 0 saturated heterocycles. The van der Waals surface area contributed by atoms with Crippen LogP contribution in [0, 0.1) is 6.92 Å². The lowest BCUT2D eigenvalue weighted by molar-refractivity contribution is 0.0378. The van der Waals surface area contributed by atoms with Crippen molar-refractivity contribution in [2.45, 2.75) is 32.9 Å². The topological polar surface area (TPSA) is 69.8 Å². The fourth-order valence-corrected chi connectivity index (χ4v) is 2.40. The van der Waals surface area contributed by atoms with Gasteiger partial charge in [-0.1, -0.05) is 29.8 Å². The van der Waals surface area contributed by atoms with E-state index in [2.05, 4.69) is 15.6 Å². The fraction of sp³-hybridized carbons (Fsp3) is 0.389. The van der Waals surface area contributed by atoms with Gasteiger partial charge in [0.1, 0.15) is 17.1 Å². The summed E-state index contributed by atoms with van der Waals surface area (Å²) in [6, 6.07) is 11.2. The number of benzene rings is 1. The number of nitrogens with zero attached hydrogens (tertiary/aromatic N) is 1. The van der Waals surface area contributed by atoms with E-state index in [1.807, 2.05) is 44.2 Å². The average Bonchev–Trinajstić information content (AvgIpc) is 2.99. The zero-order valence-electron chi connectivity index (χ0n) is 14.3. The van der Waals surface area contributed by atoms with E-state index in [9.17, 15) is 5.11 Å². The number of furan rings is 1. The molecule has 0 fully saturated rings. The summed E-state index contributed by atoms with van der Waals surface area (Å²) in [7, 11) is 0. The maximum absolute atomic E-state index is 10.6. The van der Waals surface area contributed by atoms with Crippen LogP contribution in [0.2, 0.25) is 5.02 Å². The van der Waals surface area contributed by atoms with E-state index in [1.54, 1.807) is 13.0 Å². The van der Waals surface area contributed by atoms with Gasteiger partial charge in [0.25, 0.3) is 0 Å². The van der Waals surface area contributed by atoms with Crippen molar-refractivity contribution in [1.29, 1.82) is 0 Å². The lowest BCUT2D eigenvalue weighted by Gasteiger charge is -2.22. The molecule has 0 bridgehead atoms. The fourth-order valence-electron chi connectivity index (χ4n) is 2.20. The molecular weight excluding hydrogens is 326 g/mol.